The molecule has 5 atom stereocenters. The van der Waals surface area contributed by atoms with Crippen LogP contribution >= 0.6 is 15.9 Å². The van der Waals surface area contributed by atoms with Crippen molar-refractivity contribution in [2.75, 3.05) is 13.7 Å². The van der Waals surface area contributed by atoms with Crippen LogP contribution in [-0.4, -0.2) is 52.5 Å². The van der Waals surface area contributed by atoms with Gasteiger partial charge in [-0.2, -0.15) is 0 Å². The number of likely N-dealkylation sites (tertiary alicyclic amines) is 1. The van der Waals surface area contributed by atoms with E-state index in [1.807, 2.05) is 74.5 Å². The third-order valence-electron chi connectivity index (χ3n) is 8.74. The predicted molar refractivity (Wildman–Crippen MR) is 147 cm³/mol. The van der Waals surface area contributed by atoms with Gasteiger partial charge in [-0.05, 0) is 55.4 Å². The molecule has 1 saturated heterocycles. The smallest absolute Gasteiger partial charge is 0.322 e. The summed E-state index contributed by atoms with van der Waals surface area (Å²) in [6.45, 7) is 3.82. The van der Waals surface area contributed by atoms with E-state index in [0.29, 0.717) is 19.3 Å². The highest BCUT2D eigenvalue weighted by Crippen LogP contribution is 2.77. The molecule has 38 heavy (non-hydrogen) atoms. The first-order valence-electron chi connectivity index (χ1n) is 12.8. The number of methoxy groups -OCH3 is 1. The number of carbonyl (C=O) groups is 4. The number of benzene rings is 2. The average molecular weight is 579 g/mol. The lowest BCUT2D eigenvalue weighted by molar-refractivity contribution is -0.145. The zero-order valence-electron chi connectivity index (χ0n) is 21.7. The maximum atomic E-state index is 14.4. The molecule has 1 heterocycles. The Labute approximate surface area is 230 Å². The van der Waals surface area contributed by atoms with Gasteiger partial charge in [-0.25, -0.2) is 0 Å². The Balaban J connectivity index is 1.56. The van der Waals surface area contributed by atoms with Gasteiger partial charge in [0.2, 0.25) is 11.8 Å². The number of halogens is 1. The molecule has 2 aromatic rings. The van der Waals surface area contributed by atoms with Gasteiger partial charge in [0.25, 0.3) is 0 Å². The normalized spacial score (nSPS) is 30.7. The standard InChI is InChI=1S/C30H31BrN2O5/c1-28-21(18-12-6-4-7-13-18)22(19-14-8-5-9-15-19)29(2,26(28)36)30(31)23(28)24(34)33(27(30)37)17-11-10-16-20(32)25(35)38-3/h4-9,12-15,20,23H,10-11,16-17,32H2,1-3H3/t20-,23?,28?,29?,30?/m0/s1. The molecule has 2 amide bonds. The molecule has 2 aliphatic carbocycles. The van der Waals surface area contributed by atoms with Crippen LogP contribution in [0.15, 0.2) is 60.7 Å². The zero-order chi connectivity index (χ0) is 27.5. The Morgan fingerprint density at radius 1 is 0.974 bits per heavy atom. The number of nitrogens with two attached hydrogens (primary N) is 1. The van der Waals surface area contributed by atoms with Crippen LogP contribution in [0.3, 0.4) is 0 Å². The van der Waals surface area contributed by atoms with Crippen LogP contribution in [0.25, 0.3) is 11.1 Å². The minimum Gasteiger partial charge on any atom is -0.468 e. The third-order valence-corrected chi connectivity index (χ3v) is 10.3. The van der Waals surface area contributed by atoms with Crippen LogP contribution in [0, 0.1) is 16.7 Å². The van der Waals surface area contributed by atoms with Crippen LogP contribution in [-0.2, 0) is 23.9 Å². The highest BCUT2D eigenvalue weighted by Gasteiger charge is 2.85. The molecular weight excluding hydrogens is 548 g/mol. The van der Waals surface area contributed by atoms with Crippen molar-refractivity contribution in [2.24, 2.45) is 22.5 Å². The second-order valence-corrected chi connectivity index (χ2v) is 12.0. The summed E-state index contributed by atoms with van der Waals surface area (Å²) >= 11 is 3.76. The minimum atomic E-state index is -1.39. The molecule has 2 aromatic carbocycles. The molecule has 1 aliphatic heterocycles. The van der Waals surface area contributed by atoms with Gasteiger partial charge in [-0.15, -0.1) is 0 Å². The number of fused-ring (bicyclic) bond motifs is 5. The molecule has 7 nitrogen and oxygen atoms in total. The molecule has 2 fully saturated rings. The van der Waals surface area contributed by atoms with Gasteiger partial charge in [0, 0.05) is 6.54 Å². The number of nitrogens with zero attached hydrogens (tertiary/aromatic N) is 1. The number of hydrogen-bond acceptors (Lipinski definition) is 6. The summed E-state index contributed by atoms with van der Waals surface area (Å²) in [6.07, 6.45) is 1.42. The van der Waals surface area contributed by atoms with Crippen molar-refractivity contribution in [3.63, 3.8) is 0 Å². The highest BCUT2D eigenvalue weighted by atomic mass is 79.9. The zero-order valence-corrected chi connectivity index (χ0v) is 23.3. The van der Waals surface area contributed by atoms with E-state index < -0.39 is 33.1 Å². The number of Topliss-reactive ketones (excluding diaryl/α,β-unsaturated/α-hetero) is 1. The predicted octanol–water partition coefficient (Wildman–Crippen LogP) is 4.00. The fraction of sp³-hybridized carbons (Fsp3) is 0.400. The Kier molecular flexibility index (Phi) is 6.47. The second kappa shape index (κ2) is 9.27. The summed E-state index contributed by atoms with van der Waals surface area (Å²) in [6, 6.07) is 18.6. The van der Waals surface area contributed by atoms with Gasteiger partial charge < -0.3 is 10.5 Å². The summed E-state index contributed by atoms with van der Waals surface area (Å²) in [5.41, 5.74) is 6.71. The molecule has 0 spiro atoms. The number of amides is 2. The molecule has 0 radical (unpaired) electrons. The molecule has 3 aliphatic rings. The summed E-state index contributed by atoms with van der Waals surface area (Å²) in [7, 11) is 1.29. The number of allylic oxidation sites excluding steroid dienone is 2. The van der Waals surface area contributed by atoms with E-state index in [1.165, 1.54) is 12.0 Å². The Morgan fingerprint density at radius 3 is 2.08 bits per heavy atom. The van der Waals surface area contributed by atoms with Gasteiger partial charge in [0.15, 0.2) is 5.78 Å². The quantitative estimate of drug-likeness (QED) is 0.219. The van der Waals surface area contributed by atoms with Gasteiger partial charge in [0.05, 0.1) is 23.9 Å². The van der Waals surface area contributed by atoms with Crippen LogP contribution in [0.4, 0.5) is 0 Å². The first kappa shape index (κ1) is 26.5. The first-order valence-corrected chi connectivity index (χ1v) is 13.6. The molecule has 8 heteroatoms. The van der Waals surface area contributed by atoms with E-state index in [9.17, 15) is 19.2 Å². The second-order valence-electron chi connectivity index (χ2n) is 10.7. The molecular formula is C30H31BrN2O5. The lowest BCUT2D eigenvalue weighted by atomic mass is 9.63. The summed E-state index contributed by atoms with van der Waals surface area (Å²) in [4.78, 5) is 55.4. The fourth-order valence-corrected chi connectivity index (χ4v) is 8.22. The molecule has 5 rings (SSSR count). The molecule has 0 aromatic heterocycles. The van der Waals surface area contributed by atoms with Crippen LogP contribution in [0.1, 0.15) is 44.2 Å². The van der Waals surface area contributed by atoms with Crippen LogP contribution in [0.5, 0.6) is 0 Å². The first-order chi connectivity index (χ1) is 18.1. The molecule has 4 unspecified atom stereocenters. The van der Waals surface area contributed by atoms with Crippen molar-refractivity contribution in [3.05, 3.63) is 71.8 Å². The largest absolute Gasteiger partial charge is 0.468 e. The number of carbonyl (C=O) groups excluding carboxylic acids is 4. The number of hydrogen-bond donors (Lipinski definition) is 1. The third kappa shape index (κ3) is 3.29. The van der Waals surface area contributed by atoms with Gasteiger partial charge in [0.1, 0.15) is 10.4 Å². The van der Waals surface area contributed by atoms with Crippen LogP contribution < -0.4 is 5.73 Å². The van der Waals surface area contributed by atoms with E-state index in [4.69, 9.17) is 5.73 Å². The van der Waals surface area contributed by atoms with Crippen molar-refractivity contribution in [1.29, 1.82) is 0 Å². The minimum absolute atomic E-state index is 0.116. The topological polar surface area (TPSA) is 107 Å². The molecule has 2 bridgehead atoms. The number of unbranched alkanes of at least 4 members (excludes halogenated alkanes) is 1. The van der Waals surface area contributed by atoms with Crippen LogP contribution in [0.2, 0.25) is 0 Å². The number of ether oxygens (including phenoxy) is 1. The van der Waals surface area contributed by atoms with E-state index in [2.05, 4.69) is 20.7 Å². The maximum Gasteiger partial charge on any atom is 0.322 e. The fourth-order valence-electron chi connectivity index (χ4n) is 6.97. The van der Waals surface area contributed by atoms with Crippen molar-refractivity contribution in [2.45, 2.75) is 43.5 Å². The number of rotatable bonds is 8. The van der Waals surface area contributed by atoms with Crippen molar-refractivity contribution < 1.29 is 23.9 Å². The van der Waals surface area contributed by atoms with Gasteiger partial charge in [-0.1, -0.05) is 76.6 Å². The lowest BCUT2D eigenvalue weighted by Crippen LogP contribution is -2.50. The number of alkyl halides is 1. The number of imide groups is 1. The highest BCUT2D eigenvalue weighted by molar-refractivity contribution is 9.10. The Bertz CT molecular complexity index is 1360. The van der Waals surface area contributed by atoms with Crippen molar-refractivity contribution in [3.8, 4) is 0 Å². The summed E-state index contributed by atoms with van der Waals surface area (Å²) in [5, 5.41) is 0. The van der Waals surface area contributed by atoms with Crippen molar-refractivity contribution >= 4 is 50.6 Å². The Hall–Kier alpha value is -3.10. The number of ketones is 1. The van der Waals surface area contributed by atoms with E-state index in [1.54, 1.807) is 0 Å². The van der Waals surface area contributed by atoms with Gasteiger partial charge in [-0.3, -0.25) is 24.1 Å². The maximum absolute atomic E-state index is 14.4. The molecule has 2 N–H and O–H groups in total. The Morgan fingerprint density at radius 2 is 1.53 bits per heavy atom. The monoisotopic (exact) mass is 578 g/mol. The van der Waals surface area contributed by atoms with E-state index >= 15 is 0 Å². The molecule has 1 saturated carbocycles. The van der Waals surface area contributed by atoms with E-state index in [0.717, 1.165) is 22.3 Å². The lowest BCUT2D eigenvalue weighted by Gasteiger charge is -2.41. The summed E-state index contributed by atoms with van der Waals surface area (Å²) < 4.78 is 3.28. The average Bonchev–Trinajstić information content (AvgIpc) is 3.31. The molecule has 198 valence electrons. The number of esters is 1. The SMILES string of the molecule is COC(=O)[C@@H](N)CCCCN1C(=O)C2C3(C)C(=O)C(C)(C(c4ccccc4)=C3c3ccccc3)C2(Br)C1=O. The van der Waals surface area contributed by atoms with E-state index in [-0.39, 0.29) is 24.1 Å². The van der Waals surface area contributed by atoms with Gasteiger partial charge >= 0.3 is 5.97 Å². The summed E-state index contributed by atoms with van der Waals surface area (Å²) in [5.74, 6) is -2.21. The van der Waals surface area contributed by atoms with Crippen molar-refractivity contribution in [1.82, 2.24) is 4.90 Å².